The molecule has 0 saturated carbocycles. The Morgan fingerprint density at radius 1 is 1.10 bits per heavy atom. The van der Waals surface area contributed by atoms with Gasteiger partial charge in [0.25, 0.3) is 0 Å². The number of nitrogens with one attached hydrogen (secondary N) is 1. The number of ether oxygens (including phenoxy) is 3. The lowest BCUT2D eigenvalue weighted by atomic mass is 10.3. The first kappa shape index (κ1) is 25.4. The Kier molecular flexibility index (Phi) is 11.1. The second-order valence-electron chi connectivity index (χ2n) is 7.27. The van der Waals surface area contributed by atoms with Crippen molar-refractivity contribution in [1.29, 1.82) is 0 Å². The zero-order valence-electron chi connectivity index (χ0n) is 18.1. The highest BCUT2D eigenvalue weighted by molar-refractivity contribution is 7.91. The number of carbonyl (C=O) groups excluding carboxylic acids is 1. The van der Waals surface area contributed by atoms with Crippen molar-refractivity contribution in [1.82, 2.24) is 25.2 Å². The number of aromatic nitrogens is 3. The van der Waals surface area contributed by atoms with Crippen LogP contribution in [0.4, 0.5) is 0 Å². The summed E-state index contributed by atoms with van der Waals surface area (Å²) in [6.45, 7) is 10.7. The lowest BCUT2D eigenvalue weighted by molar-refractivity contribution is -0.117. The van der Waals surface area contributed by atoms with Gasteiger partial charge >= 0.3 is 0 Å². The highest BCUT2D eigenvalue weighted by Crippen LogP contribution is 2.07. The first-order chi connectivity index (χ1) is 14.9. The van der Waals surface area contributed by atoms with E-state index in [9.17, 15) is 13.2 Å². The van der Waals surface area contributed by atoms with Gasteiger partial charge < -0.3 is 19.5 Å². The van der Waals surface area contributed by atoms with E-state index in [-0.39, 0.29) is 17.4 Å². The van der Waals surface area contributed by atoms with Crippen molar-refractivity contribution in [2.45, 2.75) is 20.0 Å². The summed E-state index contributed by atoms with van der Waals surface area (Å²) in [5.74, 6) is 0.243. The molecule has 1 aliphatic rings. The first-order valence-electron chi connectivity index (χ1n) is 10.3. The molecule has 0 atom stereocenters. The van der Waals surface area contributed by atoms with Gasteiger partial charge in [0.05, 0.1) is 63.4 Å². The van der Waals surface area contributed by atoms with Gasteiger partial charge in [-0.1, -0.05) is 11.8 Å². The number of hydrogen-bond donors (Lipinski definition) is 1. The largest absolute Gasteiger partial charge is 0.377 e. The Labute approximate surface area is 183 Å². The molecule has 176 valence electrons. The van der Waals surface area contributed by atoms with Crippen LogP contribution >= 0.6 is 0 Å². The van der Waals surface area contributed by atoms with E-state index in [0.29, 0.717) is 77.9 Å². The molecule has 2 heterocycles. The third kappa shape index (κ3) is 10.8. The van der Waals surface area contributed by atoms with Crippen LogP contribution in [-0.4, -0.2) is 105 Å². The fourth-order valence-electron chi connectivity index (χ4n) is 2.75. The van der Waals surface area contributed by atoms with Gasteiger partial charge in [-0.2, -0.15) is 0 Å². The highest BCUT2D eigenvalue weighted by Gasteiger charge is 2.22. The number of sulfone groups is 1. The molecule has 1 aliphatic heterocycles. The molecule has 2 rings (SSSR count). The molecule has 0 unspecified atom stereocenters. The summed E-state index contributed by atoms with van der Waals surface area (Å²) in [4.78, 5) is 13.3. The van der Waals surface area contributed by atoms with Crippen LogP contribution in [0.15, 0.2) is 18.3 Å². The maximum atomic E-state index is 11.5. The molecular weight excluding hydrogens is 426 g/mol. The smallest absolute Gasteiger partial charge is 0.246 e. The average Bonchev–Trinajstić information content (AvgIpc) is 3.17. The molecule has 0 aromatic carbocycles. The van der Waals surface area contributed by atoms with Crippen molar-refractivity contribution in [3.8, 4) is 0 Å². The van der Waals surface area contributed by atoms with Gasteiger partial charge in [-0.15, -0.1) is 5.10 Å². The molecule has 1 aromatic rings. The Hall–Kier alpha value is -1.86. The van der Waals surface area contributed by atoms with E-state index < -0.39 is 9.84 Å². The van der Waals surface area contributed by atoms with E-state index in [4.69, 9.17) is 14.2 Å². The summed E-state index contributed by atoms with van der Waals surface area (Å²) in [6.07, 6.45) is 1.86. The van der Waals surface area contributed by atoms with E-state index in [2.05, 4.69) is 27.1 Å². The van der Waals surface area contributed by atoms with Crippen LogP contribution in [0.3, 0.4) is 0 Å². The number of rotatable bonds is 15. The van der Waals surface area contributed by atoms with E-state index in [1.165, 1.54) is 0 Å². The summed E-state index contributed by atoms with van der Waals surface area (Å²) >= 11 is 0. The van der Waals surface area contributed by atoms with Crippen molar-refractivity contribution in [2.24, 2.45) is 0 Å². The fraction of sp³-hybridized carbons (Fsp3) is 0.737. The zero-order valence-corrected chi connectivity index (χ0v) is 18.9. The molecule has 31 heavy (non-hydrogen) atoms. The predicted molar refractivity (Wildman–Crippen MR) is 114 cm³/mol. The van der Waals surface area contributed by atoms with E-state index in [1.807, 2.05) is 6.20 Å². The number of amides is 1. The molecule has 12 heteroatoms. The highest BCUT2D eigenvalue weighted by atomic mass is 32.2. The van der Waals surface area contributed by atoms with Gasteiger partial charge in [0, 0.05) is 37.9 Å². The second-order valence-corrected chi connectivity index (χ2v) is 9.58. The summed E-state index contributed by atoms with van der Waals surface area (Å²) < 4.78 is 41.0. The molecule has 0 aliphatic carbocycles. The Morgan fingerprint density at radius 2 is 1.71 bits per heavy atom. The quantitative estimate of drug-likeness (QED) is 0.266. The topological polar surface area (TPSA) is 125 Å². The maximum absolute atomic E-state index is 11.5. The van der Waals surface area contributed by atoms with Crippen LogP contribution in [0, 0.1) is 0 Å². The minimum absolute atomic E-state index is 0.168. The van der Waals surface area contributed by atoms with Gasteiger partial charge in [0.15, 0.2) is 9.84 Å². The molecular formula is C19H33N5O6S. The molecule has 1 aromatic heterocycles. The lowest BCUT2D eigenvalue weighted by Crippen LogP contribution is -2.39. The summed E-state index contributed by atoms with van der Waals surface area (Å²) in [5.41, 5.74) is 1.30. The summed E-state index contributed by atoms with van der Waals surface area (Å²) in [7, 11) is -2.87. The Bertz CT molecular complexity index is 783. The van der Waals surface area contributed by atoms with E-state index in [0.717, 1.165) is 5.69 Å². The summed E-state index contributed by atoms with van der Waals surface area (Å²) in [6, 6.07) is 0. The first-order valence-corrected chi connectivity index (χ1v) is 12.2. The minimum atomic E-state index is -2.87. The minimum Gasteiger partial charge on any atom is -0.377 e. The maximum Gasteiger partial charge on any atom is 0.246 e. The van der Waals surface area contributed by atoms with Crippen LogP contribution in [0.5, 0.6) is 0 Å². The Balaban J connectivity index is 1.42. The van der Waals surface area contributed by atoms with Gasteiger partial charge in [-0.05, 0) is 6.92 Å². The number of carbonyl (C=O) groups is 1. The van der Waals surface area contributed by atoms with Gasteiger partial charge in [0.1, 0.15) is 0 Å². The van der Waals surface area contributed by atoms with Crippen molar-refractivity contribution in [2.75, 3.05) is 70.8 Å². The van der Waals surface area contributed by atoms with Crippen molar-refractivity contribution >= 4 is 15.7 Å². The van der Waals surface area contributed by atoms with Crippen LogP contribution in [0.1, 0.15) is 12.6 Å². The molecule has 11 nitrogen and oxygen atoms in total. The lowest BCUT2D eigenvalue weighted by Gasteiger charge is -2.25. The van der Waals surface area contributed by atoms with Crippen LogP contribution < -0.4 is 5.32 Å². The molecule has 1 N–H and O–H groups in total. The molecule has 1 saturated heterocycles. The third-order valence-corrected chi connectivity index (χ3v) is 6.15. The SMILES string of the molecule is C=C(C)C(=O)NCCOCCOCCOCCn1cc(CN2CCS(=O)(=O)CC2)nn1. The monoisotopic (exact) mass is 459 g/mol. The van der Waals surface area contributed by atoms with Crippen LogP contribution in [0.25, 0.3) is 0 Å². The van der Waals surface area contributed by atoms with Crippen LogP contribution in [0.2, 0.25) is 0 Å². The average molecular weight is 460 g/mol. The van der Waals surface area contributed by atoms with Crippen molar-refractivity contribution < 1.29 is 27.4 Å². The van der Waals surface area contributed by atoms with Crippen molar-refractivity contribution in [3.63, 3.8) is 0 Å². The standard InChI is InChI=1S/C19H33N5O6S/c1-17(2)19(25)20-3-7-28-9-11-30-12-10-29-8-4-24-16-18(21-22-24)15-23-5-13-31(26,27)14-6-23/h16H,1,3-15H2,2H3,(H,20,25). The second kappa shape index (κ2) is 13.5. The summed E-state index contributed by atoms with van der Waals surface area (Å²) in [5, 5.41) is 10.9. The fourth-order valence-corrected chi connectivity index (χ4v) is 4.02. The van der Waals surface area contributed by atoms with Crippen molar-refractivity contribution in [3.05, 3.63) is 24.0 Å². The normalized spacial score (nSPS) is 16.3. The number of nitrogens with zero attached hydrogens (tertiary/aromatic N) is 4. The third-order valence-electron chi connectivity index (χ3n) is 4.54. The molecule has 0 spiro atoms. The number of hydrogen-bond acceptors (Lipinski definition) is 9. The van der Waals surface area contributed by atoms with E-state index >= 15 is 0 Å². The molecule has 1 fully saturated rings. The van der Waals surface area contributed by atoms with E-state index in [1.54, 1.807) is 11.6 Å². The molecule has 0 radical (unpaired) electrons. The zero-order chi connectivity index (χ0) is 22.5. The van der Waals surface area contributed by atoms with Crippen LogP contribution in [-0.2, 0) is 41.9 Å². The molecule has 0 bridgehead atoms. The van der Waals surface area contributed by atoms with Gasteiger partial charge in [-0.3, -0.25) is 9.69 Å². The van der Waals surface area contributed by atoms with Gasteiger partial charge in [0.2, 0.25) is 5.91 Å². The molecule has 1 amide bonds. The Morgan fingerprint density at radius 3 is 2.35 bits per heavy atom. The van der Waals surface area contributed by atoms with Gasteiger partial charge in [-0.25, -0.2) is 13.1 Å². The predicted octanol–water partition coefficient (Wildman–Crippen LogP) is -0.749.